The summed E-state index contributed by atoms with van der Waals surface area (Å²) < 4.78 is 11.0. The van der Waals surface area contributed by atoms with Gasteiger partial charge in [-0.3, -0.25) is 14.7 Å². The average Bonchev–Trinajstić information content (AvgIpc) is 2.74. The smallest absolute Gasteiger partial charge is 0.260 e. The van der Waals surface area contributed by atoms with Crippen molar-refractivity contribution in [1.29, 1.82) is 0 Å². The fourth-order valence-corrected chi connectivity index (χ4v) is 3.60. The molecule has 0 radical (unpaired) electrons. The second kappa shape index (κ2) is 11.4. The lowest BCUT2D eigenvalue weighted by atomic mass is 10.2. The summed E-state index contributed by atoms with van der Waals surface area (Å²) in [6, 6.07) is 8.78. The van der Waals surface area contributed by atoms with Crippen LogP contribution >= 0.6 is 23.2 Å². The predicted molar refractivity (Wildman–Crippen MR) is 113 cm³/mol. The summed E-state index contributed by atoms with van der Waals surface area (Å²) in [6.07, 6.45) is 4.35. The van der Waals surface area contributed by atoms with Crippen molar-refractivity contribution in [2.75, 3.05) is 46.0 Å². The van der Waals surface area contributed by atoms with E-state index in [-0.39, 0.29) is 12.5 Å². The number of morpholine rings is 1. The summed E-state index contributed by atoms with van der Waals surface area (Å²) in [4.78, 5) is 21.1. The van der Waals surface area contributed by atoms with Crippen LogP contribution in [0.3, 0.4) is 0 Å². The zero-order valence-corrected chi connectivity index (χ0v) is 17.7. The number of hydrogen-bond acceptors (Lipinski definition) is 5. The zero-order valence-electron chi connectivity index (χ0n) is 16.2. The fourth-order valence-electron chi connectivity index (χ4n) is 3.13. The minimum atomic E-state index is -0.0881. The molecule has 6 nitrogen and oxygen atoms in total. The third-order valence-electron chi connectivity index (χ3n) is 4.73. The molecule has 0 saturated carbocycles. The molecule has 1 saturated heterocycles. The van der Waals surface area contributed by atoms with Crippen LogP contribution in [0.5, 0.6) is 5.75 Å². The van der Waals surface area contributed by atoms with E-state index in [2.05, 4.69) is 9.88 Å². The summed E-state index contributed by atoms with van der Waals surface area (Å²) in [5.74, 6) is 0.358. The van der Waals surface area contributed by atoms with Gasteiger partial charge in [0.15, 0.2) is 6.61 Å². The van der Waals surface area contributed by atoms with Gasteiger partial charge in [-0.15, -0.1) is 0 Å². The maximum absolute atomic E-state index is 12.9. The van der Waals surface area contributed by atoms with Gasteiger partial charge in [0.05, 0.1) is 18.2 Å². The molecule has 1 amide bonds. The molecule has 0 unspecified atom stereocenters. The Balaban J connectivity index is 1.57. The zero-order chi connectivity index (χ0) is 20.5. The maximum atomic E-state index is 12.9. The first kappa shape index (κ1) is 21.8. The van der Waals surface area contributed by atoms with Gasteiger partial charge in [-0.2, -0.15) is 0 Å². The molecular formula is C21H25Cl2N3O3. The Hall–Kier alpha value is -1.86. The monoisotopic (exact) mass is 437 g/mol. The van der Waals surface area contributed by atoms with Gasteiger partial charge in [0.2, 0.25) is 0 Å². The molecule has 1 aliphatic heterocycles. The Kier molecular flexibility index (Phi) is 8.55. The Bertz CT molecular complexity index is 786. The molecule has 0 spiro atoms. The molecule has 0 aliphatic carbocycles. The summed E-state index contributed by atoms with van der Waals surface area (Å²) in [5, 5.41) is 0.911. The molecule has 0 bridgehead atoms. The number of pyridine rings is 1. The van der Waals surface area contributed by atoms with Crippen molar-refractivity contribution in [2.24, 2.45) is 0 Å². The summed E-state index contributed by atoms with van der Waals surface area (Å²) in [7, 11) is 0. The molecule has 2 heterocycles. The Labute approximate surface area is 181 Å². The number of amides is 1. The van der Waals surface area contributed by atoms with Crippen LogP contribution in [0, 0.1) is 0 Å². The summed E-state index contributed by atoms with van der Waals surface area (Å²) >= 11 is 12.0. The number of ether oxygens (including phenoxy) is 2. The van der Waals surface area contributed by atoms with Gasteiger partial charge in [-0.1, -0.05) is 23.2 Å². The third-order valence-corrected chi connectivity index (χ3v) is 5.26. The lowest BCUT2D eigenvalue weighted by Crippen LogP contribution is -2.40. The van der Waals surface area contributed by atoms with Crippen molar-refractivity contribution in [3.63, 3.8) is 0 Å². The van der Waals surface area contributed by atoms with Crippen molar-refractivity contribution in [3.05, 3.63) is 58.3 Å². The Morgan fingerprint density at radius 2 is 1.93 bits per heavy atom. The van der Waals surface area contributed by atoms with Crippen molar-refractivity contribution in [1.82, 2.24) is 14.8 Å². The van der Waals surface area contributed by atoms with Crippen molar-refractivity contribution in [3.8, 4) is 5.75 Å². The molecule has 1 aromatic heterocycles. The number of carbonyl (C=O) groups is 1. The van der Waals surface area contributed by atoms with Gasteiger partial charge in [-0.05, 0) is 42.3 Å². The standard InChI is InChI=1S/C21H25Cl2N3O3/c22-18-2-3-20(19(23)14-18)29-16-21(27)26(15-17-4-6-24-7-5-17)9-1-8-25-10-12-28-13-11-25/h2-7,14H,1,8-13,15-16H2. The first-order valence-electron chi connectivity index (χ1n) is 9.66. The summed E-state index contributed by atoms with van der Waals surface area (Å²) in [6.45, 7) is 5.45. The second-order valence-corrected chi connectivity index (χ2v) is 7.69. The first-order valence-corrected chi connectivity index (χ1v) is 10.4. The van der Waals surface area contributed by atoms with E-state index in [1.54, 1.807) is 30.6 Å². The number of halogens is 2. The third kappa shape index (κ3) is 7.16. The first-order chi connectivity index (χ1) is 14.1. The van der Waals surface area contributed by atoms with Crippen LogP contribution < -0.4 is 4.74 Å². The van der Waals surface area contributed by atoms with E-state index in [1.165, 1.54) is 0 Å². The number of rotatable bonds is 9. The van der Waals surface area contributed by atoms with E-state index >= 15 is 0 Å². The van der Waals surface area contributed by atoms with Crippen LogP contribution in [0.25, 0.3) is 0 Å². The van der Waals surface area contributed by atoms with Crippen LogP contribution in [0.15, 0.2) is 42.7 Å². The van der Waals surface area contributed by atoms with E-state index in [4.69, 9.17) is 32.7 Å². The quantitative estimate of drug-likeness (QED) is 0.600. The SMILES string of the molecule is O=C(COc1ccc(Cl)cc1Cl)N(CCCN1CCOCC1)Cc1ccncc1. The number of hydrogen-bond donors (Lipinski definition) is 0. The molecule has 156 valence electrons. The van der Waals surface area contributed by atoms with Gasteiger partial charge < -0.3 is 14.4 Å². The molecule has 1 fully saturated rings. The van der Waals surface area contributed by atoms with E-state index in [0.717, 1.165) is 44.8 Å². The normalized spacial score (nSPS) is 14.6. The van der Waals surface area contributed by atoms with Crippen LogP contribution in [0.4, 0.5) is 0 Å². The Morgan fingerprint density at radius 1 is 1.17 bits per heavy atom. The van der Waals surface area contributed by atoms with Crippen LogP contribution in [-0.4, -0.2) is 66.7 Å². The van der Waals surface area contributed by atoms with E-state index < -0.39 is 0 Å². The van der Waals surface area contributed by atoms with E-state index in [9.17, 15) is 4.79 Å². The lowest BCUT2D eigenvalue weighted by molar-refractivity contribution is -0.134. The second-order valence-electron chi connectivity index (χ2n) is 6.84. The van der Waals surface area contributed by atoms with Gasteiger partial charge in [0.1, 0.15) is 5.75 Å². The number of aromatic nitrogens is 1. The highest BCUT2D eigenvalue weighted by atomic mass is 35.5. The minimum Gasteiger partial charge on any atom is -0.482 e. The molecular weight excluding hydrogens is 413 g/mol. The largest absolute Gasteiger partial charge is 0.482 e. The maximum Gasteiger partial charge on any atom is 0.260 e. The molecule has 1 aliphatic rings. The number of nitrogens with zero attached hydrogens (tertiary/aromatic N) is 3. The summed E-state index contributed by atoms with van der Waals surface area (Å²) in [5.41, 5.74) is 1.03. The number of carbonyl (C=O) groups excluding carboxylic acids is 1. The van der Waals surface area contributed by atoms with Gasteiger partial charge in [-0.25, -0.2) is 0 Å². The topological polar surface area (TPSA) is 54.9 Å². The highest BCUT2D eigenvalue weighted by Gasteiger charge is 2.17. The number of benzene rings is 1. The predicted octanol–water partition coefficient (Wildman–Crippen LogP) is 3.52. The van der Waals surface area contributed by atoms with Gasteiger partial charge in [0, 0.05) is 50.1 Å². The minimum absolute atomic E-state index is 0.0794. The lowest BCUT2D eigenvalue weighted by Gasteiger charge is -2.28. The molecule has 29 heavy (non-hydrogen) atoms. The van der Waals surface area contributed by atoms with Crippen LogP contribution in [0.1, 0.15) is 12.0 Å². The highest BCUT2D eigenvalue weighted by Crippen LogP contribution is 2.27. The molecule has 3 rings (SSSR count). The average molecular weight is 438 g/mol. The molecule has 1 aromatic carbocycles. The van der Waals surface area contributed by atoms with Crippen LogP contribution in [0.2, 0.25) is 10.0 Å². The van der Waals surface area contributed by atoms with Crippen molar-refractivity contribution >= 4 is 29.1 Å². The van der Waals surface area contributed by atoms with Gasteiger partial charge >= 0.3 is 0 Å². The van der Waals surface area contributed by atoms with E-state index in [1.807, 2.05) is 17.0 Å². The molecule has 0 atom stereocenters. The van der Waals surface area contributed by atoms with E-state index in [0.29, 0.717) is 28.9 Å². The fraction of sp³-hybridized carbons (Fsp3) is 0.429. The van der Waals surface area contributed by atoms with Gasteiger partial charge in [0.25, 0.3) is 5.91 Å². The highest BCUT2D eigenvalue weighted by molar-refractivity contribution is 6.35. The van der Waals surface area contributed by atoms with Crippen molar-refractivity contribution in [2.45, 2.75) is 13.0 Å². The molecule has 2 aromatic rings. The van der Waals surface area contributed by atoms with Crippen molar-refractivity contribution < 1.29 is 14.3 Å². The van der Waals surface area contributed by atoms with Crippen LogP contribution in [-0.2, 0) is 16.1 Å². The molecule has 8 heteroatoms. The molecule has 0 N–H and O–H groups in total. The Morgan fingerprint density at radius 3 is 2.66 bits per heavy atom.